The van der Waals surface area contributed by atoms with Gasteiger partial charge in [0.05, 0.1) is 23.1 Å². The van der Waals surface area contributed by atoms with Crippen LogP contribution in [0, 0.1) is 0 Å². The van der Waals surface area contributed by atoms with E-state index in [1.807, 2.05) is 42.7 Å². The average molecular weight is 365 g/mol. The largest absolute Gasteiger partial charge is 0.345 e. The zero-order valence-corrected chi connectivity index (χ0v) is 15.6. The molecule has 140 valence electrons. The molecule has 0 radical (unpaired) electrons. The fourth-order valence-corrected chi connectivity index (χ4v) is 3.01. The number of nitrogens with one attached hydrogen (secondary N) is 1. The maximum atomic E-state index is 12.6. The van der Waals surface area contributed by atoms with Crippen LogP contribution in [0.2, 0.25) is 0 Å². The highest BCUT2D eigenvalue weighted by atomic mass is 16.2. The van der Waals surface area contributed by atoms with E-state index < -0.39 is 0 Å². The van der Waals surface area contributed by atoms with Gasteiger partial charge in [0.1, 0.15) is 12.4 Å². The molecule has 2 heterocycles. The molecule has 1 N–H and O–H groups in total. The Hall–Kier alpha value is -3.22. The summed E-state index contributed by atoms with van der Waals surface area (Å²) in [6.07, 6.45) is 3.14. The summed E-state index contributed by atoms with van der Waals surface area (Å²) < 4.78 is 1.87. The Kier molecular flexibility index (Phi) is 5.80. The van der Waals surface area contributed by atoms with Crippen LogP contribution >= 0.6 is 0 Å². The normalized spacial score (nSPS) is 10.7. The second-order valence-electron chi connectivity index (χ2n) is 6.09. The molecule has 7 nitrogen and oxygen atoms in total. The third-order valence-corrected chi connectivity index (χ3v) is 4.47. The number of amides is 2. The predicted molar refractivity (Wildman–Crippen MR) is 103 cm³/mol. The fraction of sp³-hybridized carbons (Fsp3) is 0.300. The molecule has 0 aliphatic rings. The van der Waals surface area contributed by atoms with Crippen LogP contribution in [0.25, 0.3) is 11.0 Å². The second-order valence-corrected chi connectivity index (χ2v) is 6.09. The van der Waals surface area contributed by atoms with Gasteiger partial charge >= 0.3 is 0 Å². The Morgan fingerprint density at radius 3 is 2.59 bits per heavy atom. The standard InChI is InChI=1S/C20H23N5O2/c1-3-24(4-2)19(26)14-25-17-10-6-5-9-16(17)23-18(25)13-22-20(27)15-8-7-11-21-12-15/h5-12H,3-4,13-14H2,1-2H3,(H,22,27). The Labute approximate surface area is 158 Å². The number of para-hydroxylation sites is 2. The molecule has 2 amide bonds. The van der Waals surface area contributed by atoms with Crippen LogP contribution in [-0.4, -0.2) is 44.3 Å². The van der Waals surface area contributed by atoms with Crippen LogP contribution in [-0.2, 0) is 17.9 Å². The SMILES string of the molecule is CCN(CC)C(=O)Cn1c(CNC(=O)c2cccnc2)nc2ccccc21. The summed E-state index contributed by atoms with van der Waals surface area (Å²) in [7, 11) is 0. The zero-order chi connectivity index (χ0) is 19.2. The van der Waals surface area contributed by atoms with E-state index in [9.17, 15) is 9.59 Å². The Balaban J connectivity index is 1.84. The van der Waals surface area contributed by atoms with E-state index in [4.69, 9.17) is 0 Å². The van der Waals surface area contributed by atoms with Gasteiger partial charge in [-0.25, -0.2) is 4.98 Å². The van der Waals surface area contributed by atoms with Gasteiger partial charge in [0.15, 0.2) is 0 Å². The molecule has 0 aliphatic heterocycles. The van der Waals surface area contributed by atoms with Crippen molar-refractivity contribution in [2.75, 3.05) is 13.1 Å². The number of carbonyl (C=O) groups excluding carboxylic acids is 2. The van der Waals surface area contributed by atoms with E-state index in [0.29, 0.717) is 24.5 Å². The second kappa shape index (κ2) is 8.44. The quantitative estimate of drug-likeness (QED) is 0.696. The van der Waals surface area contributed by atoms with Gasteiger partial charge in [-0.3, -0.25) is 14.6 Å². The number of benzene rings is 1. The number of nitrogens with zero attached hydrogens (tertiary/aromatic N) is 4. The van der Waals surface area contributed by atoms with Gasteiger partial charge in [-0.05, 0) is 38.1 Å². The molecule has 0 saturated carbocycles. The minimum Gasteiger partial charge on any atom is -0.345 e. The minimum absolute atomic E-state index is 0.0305. The van der Waals surface area contributed by atoms with Crippen molar-refractivity contribution in [2.24, 2.45) is 0 Å². The first-order chi connectivity index (χ1) is 13.1. The highest BCUT2D eigenvalue weighted by Gasteiger charge is 2.17. The van der Waals surface area contributed by atoms with Crippen LogP contribution in [0.4, 0.5) is 0 Å². The highest BCUT2D eigenvalue weighted by Crippen LogP contribution is 2.16. The third kappa shape index (κ3) is 4.13. The molecule has 0 aliphatic carbocycles. The van der Waals surface area contributed by atoms with Gasteiger partial charge in [-0.1, -0.05) is 12.1 Å². The number of pyridine rings is 1. The van der Waals surface area contributed by atoms with Gasteiger partial charge in [-0.2, -0.15) is 0 Å². The third-order valence-electron chi connectivity index (χ3n) is 4.47. The minimum atomic E-state index is -0.225. The fourth-order valence-electron chi connectivity index (χ4n) is 3.01. The number of aromatic nitrogens is 3. The maximum absolute atomic E-state index is 12.6. The van der Waals surface area contributed by atoms with Crippen molar-refractivity contribution in [1.29, 1.82) is 0 Å². The number of likely N-dealkylation sites (N-methyl/N-ethyl adjacent to an activating group) is 1. The van der Waals surface area contributed by atoms with E-state index in [-0.39, 0.29) is 24.9 Å². The Bertz CT molecular complexity index is 932. The van der Waals surface area contributed by atoms with Gasteiger partial charge < -0.3 is 14.8 Å². The van der Waals surface area contributed by atoms with Crippen molar-refractivity contribution >= 4 is 22.8 Å². The van der Waals surface area contributed by atoms with E-state index in [0.717, 1.165) is 11.0 Å². The molecular weight excluding hydrogens is 342 g/mol. The lowest BCUT2D eigenvalue weighted by Crippen LogP contribution is -2.34. The summed E-state index contributed by atoms with van der Waals surface area (Å²) in [6, 6.07) is 11.1. The lowest BCUT2D eigenvalue weighted by Gasteiger charge is -2.20. The van der Waals surface area contributed by atoms with Crippen LogP contribution in [0.15, 0.2) is 48.8 Å². The van der Waals surface area contributed by atoms with Crippen LogP contribution in [0.5, 0.6) is 0 Å². The van der Waals surface area contributed by atoms with Crippen molar-refractivity contribution in [3.63, 3.8) is 0 Å². The molecular formula is C20H23N5O2. The summed E-state index contributed by atoms with van der Waals surface area (Å²) in [5, 5.41) is 2.86. The topological polar surface area (TPSA) is 80.1 Å². The molecule has 0 bridgehead atoms. The van der Waals surface area contributed by atoms with Crippen LogP contribution in [0.3, 0.4) is 0 Å². The summed E-state index contributed by atoms with van der Waals surface area (Å²) in [6.45, 7) is 5.67. The number of imidazole rings is 1. The molecule has 1 aromatic carbocycles. The maximum Gasteiger partial charge on any atom is 0.253 e. The number of fused-ring (bicyclic) bond motifs is 1. The molecule has 0 fully saturated rings. The Morgan fingerprint density at radius 2 is 1.89 bits per heavy atom. The molecule has 7 heteroatoms. The molecule has 3 rings (SSSR count). The van der Waals surface area contributed by atoms with Crippen LogP contribution in [0.1, 0.15) is 30.0 Å². The average Bonchev–Trinajstić information content (AvgIpc) is 3.05. The van der Waals surface area contributed by atoms with Gasteiger partial charge in [-0.15, -0.1) is 0 Å². The van der Waals surface area contributed by atoms with E-state index in [2.05, 4.69) is 15.3 Å². The summed E-state index contributed by atoms with van der Waals surface area (Å²) in [5.74, 6) is 0.453. The van der Waals surface area contributed by atoms with Crippen molar-refractivity contribution in [1.82, 2.24) is 24.8 Å². The van der Waals surface area contributed by atoms with Gasteiger partial charge in [0, 0.05) is 25.5 Å². The highest BCUT2D eigenvalue weighted by molar-refractivity contribution is 5.93. The summed E-state index contributed by atoms with van der Waals surface area (Å²) in [4.78, 5) is 35.3. The molecule has 2 aromatic heterocycles. The first kappa shape index (κ1) is 18.6. The summed E-state index contributed by atoms with van der Waals surface area (Å²) in [5.41, 5.74) is 2.17. The van der Waals surface area contributed by atoms with Crippen molar-refractivity contribution in [3.05, 3.63) is 60.2 Å². The van der Waals surface area contributed by atoms with Crippen molar-refractivity contribution in [3.8, 4) is 0 Å². The first-order valence-corrected chi connectivity index (χ1v) is 9.04. The Morgan fingerprint density at radius 1 is 1.11 bits per heavy atom. The monoisotopic (exact) mass is 365 g/mol. The number of carbonyl (C=O) groups is 2. The number of hydrogen-bond acceptors (Lipinski definition) is 4. The lowest BCUT2D eigenvalue weighted by molar-refractivity contribution is -0.131. The lowest BCUT2D eigenvalue weighted by atomic mass is 10.3. The van der Waals surface area contributed by atoms with Gasteiger partial charge in [0.2, 0.25) is 5.91 Å². The van der Waals surface area contributed by atoms with Crippen molar-refractivity contribution in [2.45, 2.75) is 26.9 Å². The molecule has 0 atom stereocenters. The smallest absolute Gasteiger partial charge is 0.253 e. The molecule has 0 spiro atoms. The zero-order valence-electron chi connectivity index (χ0n) is 15.6. The van der Waals surface area contributed by atoms with E-state index in [1.54, 1.807) is 23.2 Å². The molecule has 0 unspecified atom stereocenters. The molecule has 3 aromatic rings. The predicted octanol–water partition coefficient (Wildman–Crippen LogP) is 2.23. The summed E-state index contributed by atoms with van der Waals surface area (Å²) >= 11 is 0. The van der Waals surface area contributed by atoms with Crippen molar-refractivity contribution < 1.29 is 9.59 Å². The molecule has 27 heavy (non-hydrogen) atoms. The van der Waals surface area contributed by atoms with E-state index in [1.165, 1.54) is 6.20 Å². The number of hydrogen-bond donors (Lipinski definition) is 1. The van der Waals surface area contributed by atoms with Crippen LogP contribution < -0.4 is 5.32 Å². The first-order valence-electron chi connectivity index (χ1n) is 9.04. The molecule has 0 saturated heterocycles. The van der Waals surface area contributed by atoms with E-state index >= 15 is 0 Å². The number of rotatable bonds is 7. The van der Waals surface area contributed by atoms with Gasteiger partial charge in [0.25, 0.3) is 5.91 Å².